The second-order valence-electron chi connectivity index (χ2n) is 6.37. The summed E-state index contributed by atoms with van der Waals surface area (Å²) in [5, 5.41) is 6.31. The van der Waals surface area contributed by atoms with Gasteiger partial charge in [0, 0.05) is 10.9 Å². The Morgan fingerprint density at radius 2 is 1.77 bits per heavy atom. The van der Waals surface area contributed by atoms with Crippen molar-refractivity contribution in [2.24, 2.45) is 0 Å². The first kappa shape index (κ1) is 16.2. The molecule has 0 aliphatic heterocycles. The van der Waals surface area contributed by atoms with Gasteiger partial charge in [0.25, 0.3) is 5.91 Å². The Bertz CT molecular complexity index is 1090. The van der Waals surface area contributed by atoms with Crippen LogP contribution in [0.3, 0.4) is 0 Å². The molecule has 0 spiro atoms. The fourth-order valence-corrected chi connectivity index (χ4v) is 3.41. The van der Waals surface area contributed by atoms with E-state index in [1.807, 2.05) is 49.4 Å². The molecule has 26 heavy (non-hydrogen) atoms. The number of hydrogen-bond donors (Lipinski definition) is 2. The Labute approximate surface area is 151 Å². The molecule has 0 aliphatic rings. The number of methoxy groups -OCH3 is 1. The van der Waals surface area contributed by atoms with E-state index >= 15 is 0 Å². The Kier molecular flexibility index (Phi) is 4.09. The van der Waals surface area contributed by atoms with Crippen LogP contribution in [0, 0.1) is 0 Å². The van der Waals surface area contributed by atoms with E-state index in [0.717, 1.165) is 27.6 Å². The maximum Gasteiger partial charge on any atom is 0.268 e. The summed E-state index contributed by atoms with van der Waals surface area (Å²) in [4.78, 5) is 15.9. The minimum atomic E-state index is -0.135. The minimum Gasteiger partial charge on any atom is -0.496 e. The van der Waals surface area contributed by atoms with E-state index < -0.39 is 0 Å². The zero-order valence-electron chi connectivity index (χ0n) is 14.7. The summed E-state index contributed by atoms with van der Waals surface area (Å²) in [5.41, 5.74) is 2.51. The first-order chi connectivity index (χ1) is 12.7. The third kappa shape index (κ3) is 2.80. The van der Waals surface area contributed by atoms with Gasteiger partial charge < -0.3 is 15.0 Å². The highest BCUT2D eigenvalue weighted by Crippen LogP contribution is 2.27. The van der Waals surface area contributed by atoms with Gasteiger partial charge in [-0.25, -0.2) is 0 Å². The number of benzene rings is 3. The van der Waals surface area contributed by atoms with E-state index in [2.05, 4.69) is 34.6 Å². The summed E-state index contributed by atoms with van der Waals surface area (Å²) in [6.07, 6.45) is 0. The third-order valence-corrected chi connectivity index (χ3v) is 4.73. The SMILES string of the molecule is COc1cccc2[nH]c(C(=O)N[C@H](C)c3cccc4ccccc34)cc12. The third-order valence-electron chi connectivity index (χ3n) is 4.73. The minimum absolute atomic E-state index is 0.109. The van der Waals surface area contributed by atoms with Gasteiger partial charge in [0.1, 0.15) is 11.4 Å². The van der Waals surface area contributed by atoms with Gasteiger partial charge in [0.05, 0.1) is 13.2 Å². The standard InChI is InChI=1S/C22H20N2O2/c1-14(16-10-5-8-15-7-3-4-9-17(15)16)23-22(25)20-13-18-19(24-20)11-6-12-21(18)26-2/h3-14,24H,1-2H3,(H,23,25)/t14-/m1/s1. The van der Waals surface area contributed by atoms with Crippen LogP contribution in [0.15, 0.2) is 66.7 Å². The molecular formula is C22H20N2O2. The second-order valence-corrected chi connectivity index (χ2v) is 6.37. The van der Waals surface area contributed by atoms with Crippen LogP contribution < -0.4 is 10.1 Å². The van der Waals surface area contributed by atoms with Crippen LogP contribution in [0.4, 0.5) is 0 Å². The number of aromatic amines is 1. The van der Waals surface area contributed by atoms with E-state index in [9.17, 15) is 4.79 Å². The van der Waals surface area contributed by atoms with Gasteiger partial charge in [-0.05, 0) is 41.5 Å². The van der Waals surface area contributed by atoms with Crippen LogP contribution >= 0.6 is 0 Å². The first-order valence-electron chi connectivity index (χ1n) is 8.61. The molecule has 4 nitrogen and oxygen atoms in total. The molecule has 1 aromatic heterocycles. The molecule has 4 rings (SSSR count). The molecule has 0 unspecified atom stereocenters. The average molecular weight is 344 g/mol. The fourth-order valence-electron chi connectivity index (χ4n) is 3.41. The number of rotatable bonds is 4. The normalized spacial score (nSPS) is 12.2. The van der Waals surface area contributed by atoms with Crippen molar-refractivity contribution >= 4 is 27.6 Å². The fraction of sp³-hybridized carbons (Fsp3) is 0.136. The molecular weight excluding hydrogens is 324 g/mol. The summed E-state index contributed by atoms with van der Waals surface area (Å²) in [5.74, 6) is 0.614. The van der Waals surface area contributed by atoms with Crippen LogP contribution in [0.25, 0.3) is 21.7 Å². The molecule has 1 amide bonds. The maximum absolute atomic E-state index is 12.8. The lowest BCUT2D eigenvalue weighted by Gasteiger charge is -2.16. The van der Waals surface area contributed by atoms with Crippen LogP contribution in [-0.4, -0.2) is 18.0 Å². The van der Waals surface area contributed by atoms with Crippen molar-refractivity contribution in [3.63, 3.8) is 0 Å². The Balaban J connectivity index is 1.63. The average Bonchev–Trinajstić information content (AvgIpc) is 3.12. The van der Waals surface area contributed by atoms with Crippen molar-refractivity contribution in [2.75, 3.05) is 7.11 Å². The Morgan fingerprint density at radius 3 is 2.62 bits per heavy atom. The van der Waals surface area contributed by atoms with E-state index in [4.69, 9.17) is 4.74 Å². The Morgan fingerprint density at radius 1 is 1.00 bits per heavy atom. The lowest BCUT2D eigenvalue weighted by Crippen LogP contribution is -2.27. The summed E-state index contributed by atoms with van der Waals surface area (Å²) < 4.78 is 5.37. The number of carbonyl (C=O) groups excluding carboxylic acids is 1. The van der Waals surface area contributed by atoms with Crippen molar-refractivity contribution in [1.29, 1.82) is 0 Å². The molecule has 1 heterocycles. The molecule has 1 atom stereocenters. The van der Waals surface area contributed by atoms with Crippen LogP contribution in [0.1, 0.15) is 29.0 Å². The molecule has 0 saturated heterocycles. The molecule has 2 N–H and O–H groups in total. The van der Waals surface area contributed by atoms with Crippen LogP contribution in [0.5, 0.6) is 5.75 Å². The van der Waals surface area contributed by atoms with Gasteiger partial charge in [0.2, 0.25) is 0 Å². The number of amides is 1. The van der Waals surface area contributed by atoms with E-state index in [-0.39, 0.29) is 11.9 Å². The zero-order valence-corrected chi connectivity index (χ0v) is 14.7. The summed E-state index contributed by atoms with van der Waals surface area (Å²) in [7, 11) is 1.63. The Hall–Kier alpha value is -3.27. The topological polar surface area (TPSA) is 54.1 Å². The van der Waals surface area contributed by atoms with Gasteiger partial charge in [-0.1, -0.05) is 48.5 Å². The summed E-state index contributed by atoms with van der Waals surface area (Å²) >= 11 is 0. The first-order valence-corrected chi connectivity index (χ1v) is 8.61. The second kappa shape index (κ2) is 6.56. The lowest BCUT2D eigenvalue weighted by molar-refractivity contribution is 0.0936. The quantitative estimate of drug-likeness (QED) is 0.557. The molecule has 0 radical (unpaired) electrons. The monoisotopic (exact) mass is 344 g/mol. The van der Waals surface area contributed by atoms with Gasteiger partial charge in [0.15, 0.2) is 0 Å². The predicted molar refractivity (Wildman–Crippen MR) is 105 cm³/mol. The van der Waals surface area contributed by atoms with E-state index in [0.29, 0.717) is 5.69 Å². The number of H-pyrrole nitrogens is 1. The van der Waals surface area contributed by atoms with Crippen molar-refractivity contribution in [2.45, 2.75) is 13.0 Å². The van der Waals surface area contributed by atoms with Crippen LogP contribution in [0.2, 0.25) is 0 Å². The summed E-state index contributed by atoms with van der Waals surface area (Å²) in [6, 6.07) is 21.8. The predicted octanol–water partition coefficient (Wildman–Crippen LogP) is 4.82. The molecule has 4 heteroatoms. The van der Waals surface area contributed by atoms with Crippen molar-refractivity contribution in [3.8, 4) is 5.75 Å². The molecule has 0 aliphatic carbocycles. The largest absolute Gasteiger partial charge is 0.496 e. The maximum atomic E-state index is 12.8. The molecule has 0 bridgehead atoms. The number of carbonyl (C=O) groups is 1. The highest BCUT2D eigenvalue weighted by Gasteiger charge is 2.16. The molecule has 3 aromatic carbocycles. The highest BCUT2D eigenvalue weighted by atomic mass is 16.5. The molecule has 130 valence electrons. The van der Waals surface area contributed by atoms with Crippen molar-refractivity contribution < 1.29 is 9.53 Å². The number of hydrogen-bond acceptors (Lipinski definition) is 2. The highest BCUT2D eigenvalue weighted by molar-refractivity contribution is 6.00. The number of fused-ring (bicyclic) bond motifs is 2. The van der Waals surface area contributed by atoms with Crippen molar-refractivity contribution in [3.05, 3.63) is 78.0 Å². The number of ether oxygens (including phenoxy) is 1. The van der Waals surface area contributed by atoms with Crippen molar-refractivity contribution in [1.82, 2.24) is 10.3 Å². The smallest absolute Gasteiger partial charge is 0.268 e. The number of nitrogens with one attached hydrogen (secondary N) is 2. The van der Waals surface area contributed by atoms with Gasteiger partial charge in [-0.2, -0.15) is 0 Å². The van der Waals surface area contributed by atoms with Gasteiger partial charge >= 0.3 is 0 Å². The number of aromatic nitrogens is 1. The van der Waals surface area contributed by atoms with Gasteiger partial charge in [-0.3, -0.25) is 4.79 Å². The van der Waals surface area contributed by atoms with Crippen LogP contribution in [-0.2, 0) is 0 Å². The molecule has 0 saturated carbocycles. The molecule has 0 fully saturated rings. The van der Waals surface area contributed by atoms with E-state index in [1.165, 1.54) is 5.39 Å². The molecule has 4 aromatic rings. The van der Waals surface area contributed by atoms with E-state index in [1.54, 1.807) is 7.11 Å². The summed E-state index contributed by atoms with van der Waals surface area (Å²) in [6.45, 7) is 2.00. The van der Waals surface area contributed by atoms with Gasteiger partial charge in [-0.15, -0.1) is 0 Å². The zero-order chi connectivity index (χ0) is 18.1. The lowest BCUT2D eigenvalue weighted by atomic mass is 9.99.